The van der Waals surface area contributed by atoms with Gasteiger partial charge in [-0.05, 0) is 39.0 Å². The topological polar surface area (TPSA) is 52.3 Å². The van der Waals surface area contributed by atoms with E-state index >= 15 is 0 Å². The van der Waals surface area contributed by atoms with Gasteiger partial charge < -0.3 is 10.5 Å². The van der Waals surface area contributed by atoms with Crippen LogP contribution < -0.4 is 5.73 Å². The molecule has 3 nitrogen and oxygen atoms in total. The van der Waals surface area contributed by atoms with Crippen molar-refractivity contribution in [2.75, 3.05) is 0 Å². The van der Waals surface area contributed by atoms with Crippen LogP contribution in [0.15, 0.2) is 0 Å². The zero-order valence-corrected chi connectivity index (χ0v) is 8.51. The van der Waals surface area contributed by atoms with Gasteiger partial charge in [-0.2, -0.15) is 0 Å². The largest absolute Gasteiger partial charge is 0.461 e. The maximum atomic E-state index is 11.5. The smallest absolute Gasteiger partial charge is 0.326 e. The van der Waals surface area contributed by atoms with Crippen LogP contribution in [0.3, 0.4) is 0 Å². The van der Waals surface area contributed by atoms with E-state index in [2.05, 4.69) is 0 Å². The van der Waals surface area contributed by atoms with E-state index in [0.717, 1.165) is 12.8 Å². The molecule has 0 saturated heterocycles. The number of rotatable bonds is 3. The molecule has 1 fully saturated rings. The molecule has 0 aromatic carbocycles. The highest BCUT2D eigenvalue weighted by atomic mass is 16.5. The summed E-state index contributed by atoms with van der Waals surface area (Å²) < 4.78 is 5.30. The van der Waals surface area contributed by atoms with Crippen molar-refractivity contribution in [3.63, 3.8) is 0 Å². The van der Waals surface area contributed by atoms with Crippen molar-refractivity contribution in [2.24, 2.45) is 5.73 Å². The lowest BCUT2D eigenvalue weighted by Crippen LogP contribution is -2.46. The lowest BCUT2D eigenvalue weighted by Gasteiger charge is -2.23. The van der Waals surface area contributed by atoms with Gasteiger partial charge in [0.15, 0.2) is 0 Å². The molecule has 0 aliphatic heterocycles. The second kappa shape index (κ2) is 4.09. The molecule has 0 unspecified atom stereocenters. The molecule has 1 rings (SSSR count). The zero-order chi connectivity index (χ0) is 9.90. The quantitative estimate of drug-likeness (QED) is 0.679. The van der Waals surface area contributed by atoms with Crippen molar-refractivity contribution < 1.29 is 9.53 Å². The number of hydrogen-bond donors (Lipinski definition) is 1. The van der Waals surface area contributed by atoms with E-state index in [1.807, 2.05) is 6.92 Å². The van der Waals surface area contributed by atoms with Crippen LogP contribution in [0, 0.1) is 0 Å². The SMILES string of the molecule is CC[C@@](C)(N)C(=O)OC1CCCC1. The Labute approximate surface area is 79.6 Å². The summed E-state index contributed by atoms with van der Waals surface area (Å²) >= 11 is 0. The molecule has 1 atom stereocenters. The highest BCUT2D eigenvalue weighted by Gasteiger charge is 2.30. The van der Waals surface area contributed by atoms with Gasteiger partial charge in [0.25, 0.3) is 0 Å². The molecule has 0 heterocycles. The van der Waals surface area contributed by atoms with E-state index in [4.69, 9.17) is 10.5 Å². The van der Waals surface area contributed by atoms with Crippen molar-refractivity contribution in [2.45, 2.75) is 57.6 Å². The minimum atomic E-state index is -0.803. The van der Waals surface area contributed by atoms with Gasteiger partial charge in [0.2, 0.25) is 0 Å². The number of carbonyl (C=O) groups is 1. The predicted octanol–water partition coefficient (Wildman–Crippen LogP) is 1.60. The maximum Gasteiger partial charge on any atom is 0.326 e. The van der Waals surface area contributed by atoms with Gasteiger partial charge in [-0.25, -0.2) is 0 Å². The summed E-state index contributed by atoms with van der Waals surface area (Å²) in [7, 11) is 0. The van der Waals surface area contributed by atoms with Crippen LogP contribution >= 0.6 is 0 Å². The number of carbonyl (C=O) groups excluding carboxylic acids is 1. The van der Waals surface area contributed by atoms with Crippen molar-refractivity contribution in [3.05, 3.63) is 0 Å². The van der Waals surface area contributed by atoms with Crippen LogP contribution in [-0.2, 0) is 9.53 Å². The highest BCUT2D eigenvalue weighted by molar-refractivity contribution is 5.80. The van der Waals surface area contributed by atoms with Crippen LogP contribution in [0.4, 0.5) is 0 Å². The fourth-order valence-corrected chi connectivity index (χ4v) is 1.44. The third-order valence-electron chi connectivity index (χ3n) is 2.78. The Morgan fingerprint density at radius 2 is 2.08 bits per heavy atom. The monoisotopic (exact) mass is 185 g/mol. The normalized spacial score (nSPS) is 22.7. The van der Waals surface area contributed by atoms with Crippen LogP contribution in [0.2, 0.25) is 0 Å². The Hall–Kier alpha value is -0.570. The van der Waals surface area contributed by atoms with Crippen molar-refractivity contribution in [1.82, 2.24) is 0 Å². The predicted molar refractivity (Wildman–Crippen MR) is 51.2 cm³/mol. The summed E-state index contributed by atoms with van der Waals surface area (Å²) in [5, 5.41) is 0. The van der Waals surface area contributed by atoms with Crippen molar-refractivity contribution in [3.8, 4) is 0 Å². The number of esters is 1. The molecule has 0 bridgehead atoms. The Morgan fingerprint density at radius 1 is 1.54 bits per heavy atom. The third kappa shape index (κ3) is 2.69. The van der Waals surface area contributed by atoms with Gasteiger partial charge in [0.05, 0.1) is 0 Å². The Balaban J connectivity index is 2.39. The Kier molecular flexibility index (Phi) is 3.31. The fraction of sp³-hybridized carbons (Fsp3) is 0.900. The van der Waals surface area contributed by atoms with E-state index in [-0.39, 0.29) is 12.1 Å². The van der Waals surface area contributed by atoms with Gasteiger partial charge in [0.1, 0.15) is 11.6 Å². The molecule has 0 aromatic heterocycles. The number of hydrogen-bond acceptors (Lipinski definition) is 3. The third-order valence-corrected chi connectivity index (χ3v) is 2.78. The summed E-state index contributed by atoms with van der Waals surface area (Å²) in [6, 6.07) is 0. The molecular weight excluding hydrogens is 166 g/mol. The van der Waals surface area contributed by atoms with E-state index in [0.29, 0.717) is 6.42 Å². The molecular formula is C10H19NO2. The number of ether oxygens (including phenoxy) is 1. The van der Waals surface area contributed by atoms with Crippen LogP contribution in [0.1, 0.15) is 46.0 Å². The first-order chi connectivity index (χ1) is 6.06. The fourth-order valence-electron chi connectivity index (χ4n) is 1.44. The summed E-state index contributed by atoms with van der Waals surface area (Å²) in [4.78, 5) is 11.5. The molecule has 0 aromatic rings. The Morgan fingerprint density at radius 3 is 2.54 bits per heavy atom. The van der Waals surface area contributed by atoms with Gasteiger partial charge in [-0.3, -0.25) is 4.79 Å². The molecule has 0 spiro atoms. The summed E-state index contributed by atoms with van der Waals surface area (Å²) in [5.74, 6) is -0.248. The lowest BCUT2D eigenvalue weighted by molar-refractivity contribution is -0.154. The molecule has 0 radical (unpaired) electrons. The van der Waals surface area contributed by atoms with E-state index in [1.165, 1.54) is 12.8 Å². The maximum absolute atomic E-state index is 11.5. The summed E-state index contributed by atoms with van der Waals surface area (Å²) in [5.41, 5.74) is 4.96. The van der Waals surface area contributed by atoms with Gasteiger partial charge in [0, 0.05) is 0 Å². The lowest BCUT2D eigenvalue weighted by atomic mass is 10.0. The first-order valence-corrected chi connectivity index (χ1v) is 5.06. The molecule has 76 valence electrons. The molecule has 0 amide bonds. The molecule has 1 aliphatic rings. The second-order valence-electron chi connectivity index (χ2n) is 4.08. The van der Waals surface area contributed by atoms with Gasteiger partial charge in [-0.15, -0.1) is 0 Å². The van der Waals surface area contributed by atoms with Gasteiger partial charge in [-0.1, -0.05) is 6.92 Å². The highest BCUT2D eigenvalue weighted by Crippen LogP contribution is 2.22. The van der Waals surface area contributed by atoms with Crippen LogP contribution in [0.25, 0.3) is 0 Å². The average Bonchev–Trinajstić information content (AvgIpc) is 2.57. The van der Waals surface area contributed by atoms with Crippen molar-refractivity contribution >= 4 is 5.97 Å². The zero-order valence-electron chi connectivity index (χ0n) is 8.51. The van der Waals surface area contributed by atoms with Crippen LogP contribution in [0.5, 0.6) is 0 Å². The van der Waals surface area contributed by atoms with Crippen LogP contribution in [-0.4, -0.2) is 17.6 Å². The van der Waals surface area contributed by atoms with E-state index in [9.17, 15) is 4.79 Å². The first kappa shape index (κ1) is 10.5. The number of nitrogens with two attached hydrogens (primary N) is 1. The second-order valence-corrected chi connectivity index (χ2v) is 4.08. The molecule has 1 saturated carbocycles. The molecule has 13 heavy (non-hydrogen) atoms. The summed E-state index contributed by atoms with van der Waals surface area (Å²) in [6.07, 6.45) is 5.11. The minimum Gasteiger partial charge on any atom is -0.461 e. The van der Waals surface area contributed by atoms with E-state index in [1.54, 1.807) is 6.92 Å². The summed E-state index contributed by atoms with van der Waals surface area (Å²) in [6.45, 7) is 3.63. The molecule has 3 heteroatoms. The molecule has 2 N–H and O–H groups in total. The Bertz CT molecular complexity index is 183. The van der Waals surface area contributed by atoms with Crippen molar-refractivity contribution in [1.29, 1.82) is 0 Å². The molecule has 1 aliphatic carbocycles. The minimum absolute atomic E-state index is 0.127. The first-order valence-electron chi connectivity index (χ1n) is 5.06. The average molecular weight is 185 g/mol. The van der Waals surface area contributed by atoms with E-state index < -0.39 is 5.54 Å². The van der Waals surface area contributed by atoms with Gasteiger partial charge >= 0.3 is 5.97 Å². The standard InChI is InChI=1S/C10H19NO2/c1-3-10(2,11)9(12)13-8-6-4-5-7-8/h8H,3-7,11H2,1-2H3/t10-/m1/s1.